The molecule has 0 amide bonds. The lowest BCUT2D eigenvalue weighted by atomic mass is 10.3. The van der Waals surface area contributed by atoms with E-state index in [1.165, 1.54) is 6.42 Å². The Balaban J connectivity index is 2.19. The summed E-state index contributed by atoms with van der Waals surface area (Å²) < 4.78 is 1.84. The van der Waals surface area contributed by atoms with Gasteiger partial charge in [-0.3, -0.25) is 0 Å². The van der Waals surface area contributed by atoms with Crippen LogP contribution in [0.2, 0.25) is 0 Å². The van der Waals surface area contributed by atoms with E-state index in [0.29, 0.717) is 0 Å². The zero-order chi connectivity index (χ0) is 13.0. The molecule has 0 unspecified atom stereocenters. The van der Waals surface area contributed by atoms with Crippen LogP contribution < -0.4 is 5.32 Å². The second-order valence-corrected chi connectivity index (χ2v) is 4.38. The molecule has 18 heavy (non-hydrogen) atoms. The number of nitrogens with one attached hydrogen (secondary N) is 1. The normalized spacial score (nSPS) is 10.6. The summed E-state index contributed by atoms with van der Waals surface area (Å²) >= 11 is 0. The molecule has 2 rings (SSSR count). The Morgan fingerprint density at radius 2 is 2.06 bits per heavy atom. The fourth-order valence-corrected chi connectivity index (χ4v) is 1.81. The first-order valence-electron chi connectivity index (χ1n) is 6.30. The quantitative estimate of drug-likeness (QED) is 0.822. The molecule has 0 spiro atoms. The van der Waals surface area contributed by atoms with Crippen LogP contribution in [-0.4, -0.2) is 26.3 Å². The van der Waals surface area contributed by atoms with Crippen LogP contribution in [0.1, 0.15) is 31.2 Å². The number of unbranched alkanes of at least 4 members (excludes halogenated alkanes) is 1. The smallest absolute Gasteiger partial charge is 0.159 e. The van der Waals surface area contributed by atoms with Gasteiger partial charge in [0.25, 0.3) is 0 Å². The van der Waals surface area contributed by atoms with E-state index in [2.05, 4.69) is 27.3 Å². The van der Waals surface area contributed by atoms with Crippen LogP contribution in [0.5, 0.6) is 0 Å². The van der Waals surface area contributed by atoms with Gasteiger partial charge in [0.1, 0.15) is 12.1 Å². The van der Waals surface area contributed by atoms with E-state index in [9.17, 15) is 0 Å². The first-order valence-corrected chi connectivity index (χ1v) is 6.30. The molecule has 0 bridgehead atoms. The maximum Gasteiger partial charge on any atom is 0.159 e. The number of hydrogen-bond donors (Lipinski definition) is 1. The van der Waals surface area contributed by atoms with Crippen molar-refractivity contribution in [3.63, 3.8) is 0 Å². The molecule has 1 N–H and O–H groups in total. The Kier molecular flexibility index (Phi) is 3.92. The van der Waals surface area contributed by atoms with Crippen molar-refractivity contribution in [1.29, 1.82) is 0 Å². The van der Waals surface area contributed by atoms with Crippen molar-refractivity contribution in [3.8, 4) is 5.82 Å². The summed E-state index contributed by atoms with van der Waals surface area (Å²) in [5, 5.41) is 7.71. The molecular formula is C13H19N5. The molecule has 5 nitrogen and oxygen atoms in total. The second kappa shape index (κ2) is 5.62. The molecule has 0 atom stereocenters. The van der Waals surface area contributed by atoms with Gasteiger partial charge in [0, 0.05) is 18.3 Å². The highest BCUT2D eigenvalue weighted by molar-refractivity contribution is 5.40. The Morgan fingerprint density at radius 1 is 1.22 bits per heavy atom. The summed E-state index contributed by atoms with van der Waals surface area (Å²) in [4.78, 5) is 8.47. The molecule has 0 aromatic carbocycles. The van der Waals surface area contributed by atoms with Crippen molar-refractivity contribution in [2.45, 2.75) is 33.6 Å². The Bertz CT molecular complexity index is 518. The average molecular weight is 245 g/mol. The van der Waals surface area contributed by atoms with Crippen molar-refractivity contribution in [2.75, 3.05) is 11.9 Å². The minimum atomic E-state index is 0.801. The molecule has 2 aromatic heterocycles. The van der Waals surface area contributed by atoms with E-state index in [-0.39, 0.29) is 0 Å². The predicted molar refractivity (Wildman–Crippen MR) is 72.0 cm³/mol. The van der Waals surface area contributed by atoms with Crippen LogP contribution in [0.4, 0.5) is 5.82 Å². The first-order chi connectivity index (χ1) is 8.70. The van der Waals surface area contributed by atoms with Gasteiger partial charge < -0.3 is 5.32 Å². The van der Waals surface area contributed by atoms with Gasteiger partial charge in [-0.25, -0.2) is 14.6 Å². The van der Waals surface area contributed by atoms with Gasteiger partial charge >= 0.3 is 0 Å². The van der Waals surface area contributed by atoms with Crippen molar-refractivity contribution >= 4 is 5.82 Å². The summed E-state index contributed by atoms with van der Waals surface area (Å²) in [5.41, 5.74) is 2.07. The third kappa shape index (κ3) is 2.85. The van der Waals surface area contributed by atoms with Crippen LogP contribution in [0, 0.1) is 13.8 Å². The molecule has 0 aliphatic rings. The van der Waals surface area contributed by atoms with E-state index >= 15 is 0 Å². The van der Waals surface area contributed by atoms with Crippen LogP contribution in [0.25, 0.3) is 5.82 Å². The standard InChI is InChI=1S/C13H19N5/c1-4-5-6-14-12-8-13(16-9-15-12)18-11(3)7-10(2)17-18/h7-9H,4-6H2,1-3H3,(H,14,15,16). The lowest BCUT2D eigenvalue weighted by Gasteiger charge is -2.07. The molecule has 0 aliphatic heterocycles. The molecule has 5 heteroatoms. The van der Waals surface area contributed by atoms with Crippen LogP contribution in [-0.2, 0) is 0 Å². The second-order valence-electron chi connectivity index (χ2n) is 4.38. The molecule has 0 radical (unpaired) electrons. The number of hydrogen-bond acceptors (Lipinski definition) is 4. The van der Waals surface area contributed by atoms with Gasteiger partial charge in [0.05, 0.1) is 5.69 Å². The number of nitrogens with zero attached hydrogens (tertiary/aromatic N) is 4. The minimum Gasteiger partial charge on any atom is -0.370 e. The molecule has 96 valence electrons. The number of aromatic nitrogens is 4. The highest BCUT2D eigenvalue weighted by atomic mass is 15.3. The maximum absolute atomic E-state index is 4.42. The molecule has 2 aromatic rings. The lowest BCUT2D eigenvalue weighted by Crippen LogP contribution is -2.07. The van der Waals surface area contributed by atoms with Crippen molar-refractivity contribution < 1.29 is 0 Å². The fraction of sp³-hybridized carbons (Fsp3) is 0.462. The molecule has 2 heterocycles. The van der Waals surface area contributed by atoms with Crippen LogP contribution in [0.3, 0.4) is 0 Å². The molecule has 0 saturated heterocycles. The zero-order valence-electron chi connectivity index (χ0n) is 11.1. The van der Waals surface area contributed by atoms with Crippen molar-refractivity contribution in [2.24, 2.45) is 0 Å². The van der Waals surface area contributed by atoms with E-state index in [1.807, 2.05) is 30.7 Å². The van der Waals surface area contributed by atoms with Crippen LogP contribution >= 0.6 is 0 Å². The van der Waals surface area contributed by atoms with Crippen molar-refractivity contribution in [3.05, 3.63) is 29.8 Å². The highest BCUT2D eigenvalue weighted by Crippen LogP contribution is 2.12. The van der Waals surface area contributed by atoms with Gasteiger partial charge in [0.15, 0.2) is 5.82 Å². The topological polar surface area (TPSA) is 55.6 Å². The maximum atomic E-state index is 4.42. The Morgan fingerprint density at radius 3 is 2.72 bits per heavy atom. The van der Waals surface area contributed by atoms with Gasteiger partial charge in [0.2, 0.25) is 0 Å². The monoisotopic (exact) mass is 245 g/mol. The summed E-state index contributed by atoms with van der Waals surface area (Å²) in [6, 6.07) is 3.96. The Labute approximate surface area is 107 Å². The summed E-state index contributed by atoms with van der Waals surface area (Å²) in [5.74, 6) is 1.65. The Hall–Kier alpha value is -1.91. The largest absolute Gasteiger partial charge is 0.370 e. The first kappa shape index (κ1) is 12.5. The summed E-state index contributed by atoms with van der Waals surface area (Å²) in [7, 11) is 0. The number of anilines is 1. The summed E-state index contributed by atoms with van der Waals surface area (Å²) in [6.45, 7) is 7.10. The lowest BCUT2D eigenvalue weighted by molar-refractivity contribution is 0.797. The summed E-state index contributed by atoms with van der Waals surface area (Å²) in [6.07, 6.45) is 3.88. The fourth-order valence-electron chi connectivity index (χ4n) is 1.81. The van der Waals surface area contributed by atoms with E-state index in [4.69, 9.17) is 0 Å². The number of rotatable bonds is 5. The van der Waals surface area contributed by atoms with E-state index in [0.717, 1.165) is 36.0 Å². The van der Waals surface area contributed by atoms with Crippen LogP contribution in [0.15, 0.2) is 18.5 Å². The van der Waals surface area contributed by atoms with Gasteiger partial charge in [-0.2, -0.15) is 5.10 Å². The average Bonchev–Trinajstić information content (AvgIpc) is 2.69. The molecule has 0 saturated carbocycles. The molecule has 0 aliphatic carbocycles. The zero-order valence-corrected chi connectivity index (χ0v) is 11.1. The van der Waals surface area contributed by atoms with Gasteiger partial charge in [-0.15, -0.1) is 0 Å². The molecular weight excluding hydrogens is 226 g/mol. The predicted octanol–water partition coefficient (Wildman–Crippen LogP) is 2.49. The van der Waals surface area contributed by atoms with E-state index < -0.39 is 0 Å². The minimum absolute atomic E-state index is 0.801. The van der Waals surface area contributed by atoms with E-state index in [1.54, 1.807) is 6.33 Å². The number of aryl methyl sites for hydroxylation is 2. The van der Waals surface area contributed by atoms with Crippen molar-refractivity contribution in [1.82, 2.24) is 19.7 Å². The third-order valence-electron chi connectivity index (χ3n) is 2.72. The highest BCUT2D eigenvalue weighted by Gasteiger charge is 2.05. The van der Waals surface area contributed by atoms with Gasteiger partial charge in [-0.1, -0.05) is 13.3 Å². The third-order valence-corrected chi connectivity index (χ3v) is 2.72. The molecule has 0 fully saturated rings. The SMILES string of the molecule is CCCCNc1cc(-n2nc(C)cc2C)ncn1. The van der Waals surface area contributed by atoms with Gasteiger partial charge in [-0.05, 0) is 26.3 Å².